The molecule has 4 nitrogen and oxygen atoms in total. The summed E-state index contributed by atoms with van der Waals surface area (Å²) in [6.07, 6.45) is 2.16. The Labute approximate surface area is 196 Å². The minimum absolute atomic E-state index is 0.168. The number of amides is 1. The second-order valence-corrected chi connectivity index (χ2v) is 8.61. The largest absolute Gasteiger partial charge is 0.400 e. The van der Waals surface area contributed by atoms with Crippen LogP contribution in [-0.2, 0) is 0 Å². The molecule has 1 aliphatic carbocycles. The number of carbonyl (C=O) groups is 1. The molecule has 1 fully saturated rings. The molecule has 178 valence electrons. The van der Waals surface area contributed by atoms with Crippen LogP contribution in [-0.4, -0.2) is 29.9 Å². The van der Waals surface area contributed by atoms with E-state index in [0.717, 1.165) is 37.0 Å². The zero-order valence-corrected chi connectivity index (χ0v) is 20.2. The first-order valence-electron chi connectivity index (χ1n) is 10.4. The van der Waals surface area contributed by atoms with Crippen molar-refractivity contribution in [3.63, 3.8) is 0 Å². The van der Waals surface area contributed by atoms with E-state index in [0.29, 0.717) is 28.7 Å². The number of anilines is 1. The van der Waals surface area contributed by atoms with Crippen LogP contribution >= 0.6 is 23.4 Å². The van der Waals surface area contributed by atoms with Gasteiger partial charge in [-0.1, -0.05) is 32.4 Å². The monoisotopic (exact) mass is 490 g/mol. The summed E-state index contributed by atoms with van der Waals surface area (Å²) in [7, 11) is 1.00. The summed E-state index contributed by atoms with van der Waals surface area (Å²) in [4.78, 5) is 13.2. The molecule has 3 atom stereocenters. The average Bonchev–Trinajstić information content (AvgIpc) is 3.15. The first-order chi connectivity index (χ1) is 15.3. The summed E-state index contributed by atoms with van der Waals surface area (Å²) in [5.41, 5.74) is 5.99. The molecule has 9 heteroatoms. The molecule has 0 bridgehead atoms. The number of thioether (sulfide) groups is 1. The standard InChI is InChI=1S/C20H20ClF3N2OS.C2H6.CH4O/c1-10-2-3-12(9-25)19(10)28-17-6-11(4-5-14(17)21)20(27)26-13-7-15(22)18(24)16(23)8-13;2*1-2/h4-8,10,12,19H,2-3,9,25H2,1H3,(H,26,27);1-2H3;2H,1H3. The minimum atomic E-state index is -1.58. The van der Waals surface area contributed by atoms with Gasteiger partial charge in [0.2, 0.25) is 0 Å². The molecule has 4 N–H and O–H groups in total. The summed E-state index contributed by atoms with van der Waals surface area (Å²) in [5, 5.41) is 10.2. The van der Waals surface area contributed by atoms with Gasteiger partial charge in [0.1, 0.15) is 0 Å². The molecular weight excluding hydrogens is 461 g/mol. The third kappa shape index (κ3) is 7.13. The molecule has 1 saturated carbocycles. The molecule has 0 aliphatic heterocycles. The maximum Gasteiger partial charge on any atom is 0.255 e. The molecule has 0 saturated heterocycles. The third-order valence-electron chi connectivity index (χ3n) is 5.02. The number of rotatable bonds is 5. The molecular formula is C23H30ClF3N2O2S. The molecule has 1 amide bonds. The SMILES string of the molecule is CC.CC1CCC(CN)C1Sc1cc(C(=O)Nc2cc(F)c(F)c(F)c2)ccc1Cl.CO. The van der Waals surface area contributed by atoms with Gasteiger partial charge in [-0.3, -0.25) is 4.79 Å². The van der Waals surface area contributed by atoms with Crippen molar-refractivity contribution in [1.82, 2.24) is 0 Å². The van der Waals surface area contributed by atoms with Crippen LogP contribution in [0.4, 0.5) is 18.9 Å². The molecule has 0 spiro atoms. The van der Waals surface area contributed by atoms with Gasteiger partial charge in [-0.25, -0.2) is 13.2 Å². The third-order valence-corrected chi connectivity index (χ3v) is 7.17. The maximum absolute atomic E-state index is 13.3. The van der Waals surface area contributed by atoms with Crippen molar-refractivity contribution in [3.8, 4) is 0 Å². The lowest BCUT2D eigenvalue weighted by molar-refractivity contribution is 0.102. The molecule has 32 heavy (non-hydrogen) atoms. The Bertz CT molecular complexity index is 879. The van der Waals surface area contributed by atoms with E-state index in [2.05, 4.69) is 12.2 Å². The first kappa shape index (κ1) is 28.3. The number of aliphatic hydroxyl groups is 1. The first-order valence-corrected chi connectivity index (χ1v) is 11.6. The van der Waals surface area contributed by atoms with Gasteiger partial charge in [-0.15, -0.1) is 11.8 Å². The van der Waals surface area contributed by atoms with Crippen molar-refractivity contribution >= 4 is 35.0 Å². The van der Waals surface area contributed by atoms with Crippen molar-refractivity contribution in [1.29, 1.82) is 0 Å². The molecule has 3 rings (SSSR count). The fraction of sp³-hybridized carbons (Fsp3) is 0.435. The second-order valence-electron chi connectivity index (χ2n) is 6.99. The van der Waals surface area contributed by atoms with Crippen LogP contribution < -0.4 is 11.1 Å². The van der Waals surface area contributed by atoms with Crippen LogP contribution in [0.1, 0.15) is 44.0 Å². The summed E-state index contributed by atoms with van der Waals surface area (Å²) < 4.78 is 39.8. The number of hydrogen-bond acceptors (Lipinski definition) is 4. The lowest BCUT2D eigenvalue weighted by Crippen LogP contribution is -2.23. The van der Waals surface area contributed by atoms with Crippen LogP contribution in [0, 0.1) is 29.3 Å². The van der Waals surface area contributed by atoms with E-state index in [1.165, 1.54) is 6.07 Å². The molecule has 0 aromatic heterocycles. The van der Waals surface area contributed by atoms with Gasteiger partial charge in [-0.2, -0.15) is 0 Å². The topological polar surface area (TPSA) is 75.4 Å². The highest BCUT2D eigenvalue weighted by Crippen LogP contribution is 2.44. The summed E-state index contributed by atoms with van der Waals surface area (Å²) in [5.74, 6) is -4.02. The molecule has 1 aliphatic rings. The Morgan fingerprint density at radius 3 is 2.31 bits per heavy atom. The van der Waals surface area contributed by atoms with Crippen molar-refractivity contribution < 1.29 is 23.1 Å². The van der Waals surface area contributed by atoms with Gasteiger partial charge in [0, 0.05) is 40.6 Å². The Balaban J connectivity index is 0.00000121. The lowest BCUT2D eigenvalue weighted by Gasteiger charge is -2.22. The Morgan fingerprint density at radius 2 is 1.75 bits per heavy atom. The molecule has 2 aromatic rings. The Hall–Kier alpha value is -1.74. The van der Waals surface area contributed by atoms with E-state index < -0.39 is 23.4 Å². The minimum Gasteiger partial charge on any atom is -0.400 e. The average molecular weight is 491 g/mol. The van der Waals surface area contributed by atoms with Crippen LogP contribution in [0.3, 0.4) is 0 Å². The Morgan fingerprint density at radius 1 is 1.16 bits per heavy atom. The van der Waals surface area contributed by atoms with E-state index in [4.69, 9.17) is 22.4 Å². The number of nitrogens with two attached hydrogens (primary N) is 1. The number of nitrogens with one attached hydrogen (secondary N) is 1. The predicted octanol–water partition coefficient (Wildman–Crippen LogP) is 6.11. The smallest absolute Gasteiger partial charge is 0.255 e. The number of halogens is 4. The zero-order chi connectivity index (χ0) is 24.4. The van der Waals surface area contributed by atoms with E-state index in [1.54, 1.807) is 23.9 Å². The number of benzene rings is 2. The summed E-state index contributed by atoms with van der Waals surface area (Å²) >= 11 is 7.91. The van der Waals surface area contributed by atoms with E-state index in [1.807, 2.05) is 13.8 Å². The zero-order valence-electron chi connectivity index (χ0n) is 18.6. The van der Waals surface area contributed by atoms with Crippen molar-refractivity contribution in [2.75, 3.05) is 19.0 Å². The van der Waals surface area contributed by atoms with Gasteiger partial charge in [0.15, 0.2) is 17.5 Å². The molecule has 0 radical (unpaired) electrons. The normalized spacial score (nSPS) is 19.4. The van der Waals surface area contributed by atoms with Crippen molar-refractivity contribution in [2.24, 2.45) is 17.6 Å². The number of hydrogen-bond donors (Lipinski definition) is 3. The van der Waals surface area contributed by atoms with Gasteiger partial charge in [-0.05, 0) is 49.4 Å². The molecule has 3 unspecified atom stereocenters. The predicted molar refractivity (Wildman–Crippen MR) is 126 cm³/mol. The van der Waals surface area contributed by atoms with Crippen molar-refractivity contribution in [3.05, 3.63) is 58.4 Å². The highest BCUT2D eigenvalue weighted by atomic mass is 35.5. The van der Waals surface area contributed by atoms with E-state index in [9.17, 15) is 18.0 Å². The fourth-order valence-corrected chi connectivity index (χ4v) is 5.18. The lowest BCUT2D eigenvalue weighted by atomic mass is 10.1. The highest BCUT2D eigenvalue weighted by molar-refractivity contribution is 8.00. The van der Waals surface area contributed by atoms with Crippen molar-refractivity contribution in [2.45, 2.75) is 43.8 Å². The number of aliphatic hydroxyl groups excluding tert-OH is 1. The van der Waals surface area contributed by atoms with Crippen LogP contribution in [0.15, 0.2) is 35.2 Å². The van der Waals surface area contributed by atoms with Gasteiger partial charge < -0.3 is 16.2 Å². The van der Waals surface area contributed by atoms with Gasteiger partial charge in [0.05, 0.1) is 5.02 Å². The number of carbonyl (C=O) groups excluding carboxylic acids is 1. The highest BCUT2D eigenvalue weighted by Gasteiger charge is 2.33. The summed E-state index contributed by atoms with van der Waals surface area (Å²) in [6.45, 7) is 6.77. The quantitative estimate of drug-likeness (QED) is 0.442. The van der Waals surface area contributed by atoms with Crippen LogP contribution in [0.5, 0.6) is 0 Å². The van der Waals surface area contributed by atoms with Gasteiger partial charge >= 0.3 is 0 Å². The summed E-state index contributed by atoms with van der Waals surface area (Å²) in [6, 6.07) is 6.25. The fourth-order valence-electron chi connectivity index (χ4n) is 3.45. The molecule has 0 heterocycles. The Kier molecular flexibility index (Phi) is 12.1. The van der Waals surface area contributed by atoms with Crippen LogP contribution in [0.2, 0.25) is 5.02 Å². The van der Waals surface area contributed by atoms with Gasteiger partial charge in [0.25, 0.3) is 5.91 Å². The maximum atomic E-state index is 13.3. The van der Waals surface area contributed by atoms with E-state index in [-0.39, 0.29) is 11.3 Å². The van der Waals surface area contributed by atoms with Crippen LogP contribution in [0.25, 0.3) is 0 Å². The van der Waals surface area contributed by atoms with E-state index >= 15 is 0 Å². The second kappa shape index (κ2) is 13.7. The molecule has 2 aromatic carbocycles.